The average Bonchev–Trinajstić information content (AvgIpc) is 2.30. The molecule has 3 nitrogen and oxygen atoms in total. The average molecular weight is 240 g/mol. The number of carbonyl (C=O) groups excluding carboxylic acids is 1. The van der Waals surface area contributed by atoms with E-state index >= 15 is 0 Å². The minimum absolute atomic E-state index is 0.191. The minimum atomic E-state index is 0.191. The molecule has 1 saturated heterocycles. The second-order valence-electron chi connectivity index (χ2n) is 5.75. The number of hydrogen-bond donors (Lipinski definition) is 1. The van der Waals surface area contributed by atoms with E-state index in [4.69, 9.17) is 0 Å². The van der Waals surface area contributed by atoms with E-state index in [0.29, 0.717) is 18.4 Å². The molecule has 0 aliphatic carbocycles. The quantitative estimate of drug-likeness (QED) is 0.799. The summed E-state index contributed by atoms with van der Waals surface area (Å²) in [6, 6.07) is 0.357. The Morgan fingerprint density at radius 3 is 2.41 bits per heavy atom. The first kappa shape index (κ1) is 14.5. The first-order chi connectivity index (χ1) is 8.02. The standard InChI is InChI=1S/C14H28N2O/c1-5-14(17)15-13(11(2)3)10-12-6-8-16(4)9-7-12/h11-13H,5-10H2,1-4H3,(H,15,17). The predicted molar refractivity (Wildman–Crippen MR) is 71.9 cm³/mol. The molecule has 1 unspecified atom stereocenters. The zero-order chi connectivity index (χ0) is 12.8. The number of carbonyl (C=O) groups is 1. The van der Waals surface area contributed by atoms with Gasteiger partial charge < -0.3 is 10.2 Å². The fraction of sp³-hybridized carbons (Fsp3) is 0.929. The van der Waals surface area contributed by atoms with E-state index in [9.17, 15) is 4.79 Å². The highest BCUT2D eigenvalue weighted by molar-refractivity contribution is 5.75. The third kappa shape index (κ3) is 5.07. The third-order valence-corrected chi connectivity index (χ3v) is 3.90. The van der Waals surface area contributed by atoms with Crippen molar-refractivity contribution < 1.29 is 4.79 Å². The molecule has 1 aliphatic rings. The molecule has 1 N–H and O–H groups in total. The van der Waals surface area contributed by atoms with Crippen molar-refractivity contribution in [3.63, 3.8) is 0 Å². The van der Waals surface area contributed by atoms with Crippen LogP contribution < -0.4 is 5.32 Å². The van der Waals surface area contributed by atoms with Crippen molar-refractivity contribution in [3.05, 3.63) is 0 Å². The Bertz CT molecular complexity index is 232. The second-order valence-corrected chi connectivity index (χ2v) is 5.75. The van der Waals surface area contributed by atoms with E-state index in [1.165, 1.54) is 25.9 Å². The molecule has 0 radical (unpaired) electrons. The number of likely N-dealkylation sites (tertiary alicyclic amines) is 1. The van der Waals surface area contributed by atoms with Crippen molar-refractivity contribution in [2.45, 2.75) is 52.5 Å². The van der Waals surface area contributed by atoms with Gasteiger partial charge in [0.2, 0.25) is 5.91 Å². The Morgan fingerprint density at radius 1 is 1.35 bits per heavy atom. The SMILES string of the molecule is CCC(=O)NC(CC1CCN(C)CC1)C(C)C. The highest BCUT2D eigenvalue weighted by Crippen LogP contribution is 2.23. The molecular weight excluding hydrogens is 212 g/mol. The zero-order valence-corrected chi connectivity index (χ0v) is 11.8. The van der Waals surface area contributed by atoms with Crippen LogP contribution in [-0.2, 0) is 4.79 Å². The lowest BCUT2D eigenvalue weighted by molar-refractivity contribution is -0.121. The van der Waals surface area contributed by atoms with Gasteiger partial charge in [0.05, 0.1) is 0 Å². The van der Waals surface area contributed by atoms with Gasteiger partial charge in [-0.2, -0.15) is 0 Å². The van der Waals surface area contributed by atoms with Crippen molar-refractivity contribution >= 4 is 5.91 Å². The number of piperidine rings is 1. The van der Waals surface area contributed by atoms with Crippen LogP contribution in [0.5, 0.6) is 0 Å². The van der Waals surface area contributed by atoms with Crippen LogP contribution in [0.2, 0.25) is 0 Å². The van der Waals surface area contributed by atoms with Gasteiger partial charge >= 0.3 is 0 Å². The molecule has 0 aromatic rings. The molecule has 17 heavy (non-hydrogen) atoms. The second kappa shape index (κ2) is 7.00. The maximum atomic E-state index is 11.5. The number of nitrogens with one attached hydrogen (secondary N) is 1. The molecule has 1 fully saturated rings. The first-order valence-corrected chi connectivity index (χ1v) is 7.00. The van der Waals surface area contributed by atoms with Gasteiger partial charge in [-0.3, -0.25) is 4.79 Å². The molecule has 1 aliphatic heterocycles. The fourth-order valence-electron chi connectivity index (χ4n) is 2.46. The summed E-state index contributed by atoms with van der Waals surface area (Å²) in [7, 11) is 2.19. The predicted octanol–water partition coefficient (Wildman–Crippen LogP) is 2.27. The van der Waals surface area contributed by atoms with Gasteiger partial charge in [0.15, 0.2) is 0 Å². The molecule has 0 aromatic heterocycles. The topological polar surface area (TPSA) is 32.3 Å². The van der Waals surface area contributed by atoms with Crippen molar-refractivity contribution in [1.82, 2.24) is 10.2 Å². The Morgan fingerprint density at radius 2 is 1.94 bits per heavy atom. The van der Waals surface area contributed by atoms with E-state index < -0.39 is 0 Å². The lowest BCUT2D eigenvalue weighted by Crippen LogP contribution is -2.41. The summed E-state index contributed by atoms with van der Waals surface area (Å²) in [6.07, 6.45) is 4.30. The van der Waals surface area contributed by atoms with Crippen LogP contribution >= 0.6 is 0 Å². The van der Waals surface area contributed by atoms with Gasteiger partial charge in [-0.1, -0.05) is 20.8 Å². The maximum Gasteiger partial charge on any atom is 0.219 e. The third-order valence-electron chi connectivity index (χ3n) is 3.90. The summed E-state index contributed by atoms with van der Waals surface area (Å²) in [5, 5.41) is 3.17. The summed E-state index contributed by atoms with van der Waals surface area (Å²) < 4.78 is 0. The van der Waals surface area contributed by atoms with Gasteiger partial charge in [-0.15, -0.1) is 0 Å². The van der Waals surface area contributed by atoms with Crippen LogP contribution in [0.3, 0.4) is 0 Å². The molecule has 0 bridgehead atoms. The molecule has 3 heteroatoms. The van der Waals surface area contributed by atoms with Crippen LogP contribution in [0.1, 0.15) is 46.5 Å². The van der Waals surface area contributed by atoms with Gasteiger partial charge in [-0.25, -0.2) is 0 Å². The van der Waals surface area contributed by atoms with E-state index in [1.54, 1.807) is 0 Å². The smallest absolute Gasteiger partial charge is 0.219 e. The molecule has 0 aromatic carbocycles. The normalized spacial score (nSPS) is 20.5. The maximum absolute atomic E-state index is 11.5. The molecular formula is C14H28N2O. The number of amides is 1. The highest BCUT2D eigenvalue weighted by Gasteiger charge is 2.23. The van der Waals surface area contributed by atoms with Crippen LogP contribution in [0.25, 0.3) is 0 Å². The Labute approximate surface area is 106 Å². The highest BCUT2D eigenvalue weighted by atomic mass is 16.1. The molecule has 1 amide bonds. The Balaban J connectivity index is 2.41. The fourth-order valence-corrected chi connectivity index (χ4v) is 2.46. The van der Waals surface area contributed by atoms with E-state index in [0.717, 1.165) is 12.3 Å². The minimum Gasteiger partial charge on any atom is -0.353 e. The molecule has 0 spiro atoms. The lowest BCUT2D eigenvalue weighted by Gasteiger charge is -2.33. The van der Waals surface area contributed by atoms with Gasteiger partial charge in [0.1, 0.15) is 0 Å². The summed E-state index contributed by atoms with van der Waals surface area (Å²) in [5.41, 5.74) is 0. The van der Waals surface area contributed by atoms with Crippen LogP contribution in [-0.4, -0.2) is 37.0 Å². The zero-order valence-electron chi connectivity index (χ0n) is 11.8. The van der Waals surface area contributed by atoms with Gasteiger partial charge in [0.25, 0.3) is 0 Å². The molecule has 1 rings (SSSR count). The monoisotopic (exact) mass is 240 g/mol. The summed E-state index contributed by atoms with van der Waals surface area (Å²) in [4.78, 5) is 13.9. The molecule has 1 heterocycles. The van der Waals surface area contributed by atoms with Crippen molar-refractivity contribution in [2.24, 2.45) is 11.8 Å². The van der Waals surface area contributed by atoms with E-state index in [-0.39, 0.29) is 5.91 Å². The van der Waals surface area contributed by atoms with Crippen LogP contribution in [0, 0.1) is 11.8 Å². The van der Waals surface area contributed by atoms with Gasteiger partial charge in [0, 0.05) is 12.5 Å². The van der Waals surface area contributed by atoms with Crippen LogP contribution in [0.15, 0.2) is 0 Å². The van der Waals surface area contributed by atoms with Gasteiger partial charge in [-0.05, 0) is 51.2 Å². The first-order valence-electron chi connectivity index (χ1n) is 7.00. The number of hydrogen-bond acceptors (Lipinski definition) is 2. The largest absolute Gasteiger partial charge is 0.353 e. The number of rotatable bonds is 5. The molecule has 0 saturated carbocycles. The van der Waals surface area contributed by atoms with Crippen molar-refractivity contribution in [1.29, 1.82) is 0 Å². The van der Waals surface area contributed by atoms with Crippen LogP contribution in [0.4, 0.5) is 0 Å². The van der Waals surface area contributed by atoms with E-state index in [1.807, 2.05) is 6.92 Å². The number of nitrogens with zero attached hydrogens (tertiary/aromatic N) is 1. The lowest BCUT2D eigenvalue weighted by atomic mass is 9.86. The Kier molecular flexibility index (Phi) is 5.96. The summed E-state index contributed by atoms with van der Waals surface area (Å²) >= 11 is 0. The van der Waals surface area contributed by atoms with Crippen molar-refractivity contribution in [3.8, 4) is 0 Å². The molecule has 100 valence electrons. The summed E-state index contributed by atoms with van der Waals surface area (Å²) in [6.45, 7) is 8.74. The Hall–Kier alpha value is -0.570. The van der Waals surface area contributed by atoms with E-state index in [2.05, 4.69) is 31.1 Å². The molecule has 1 atom stereocenters. The van der Waals surface area contributed by atoms with Crippen molar-refractivity contribution in [2.75, 3.05) is 20.1 Å². The summed E-state index contributed by atoms with van der Waals surface area (Å²) in [5.74, 6) is 1.51.